The van der Waals surface area contributed by atoms with Crippen molar-refractivity contribution < 1.29 is 4.84 Å². The predicted octanol–water partition coefficient (Wildman–Crippen LogP) is 4.89. The number of unbranched alkanes of at least 4 members (excludes halogenated alkanes) is 1. The van der Waals surface area contributed by atoms with E-state index in [4.69, 9.17) is 4.84 Å². The lowest BCUT2D eigenvalue weighted by Gasteiger charge is -2.51. The molecule has 2 unspecified atom stereocenters. The van der Waals surface area contributed by atoms with Gasteiger partial charge in [0.1, 0.15) is 0 Å². The summed E-state index contributed by atoms with van der Waals surface area (Å²) in [6, 6.07) is 0.467. The zero-order valence-corrected chi connectivity index (χ0v) is 14.3. The van der Waals surface area contributed by atoms with Crippen LogP contribution in [-0.2, 0) is 4.84 Å². The van der Waals surface area contributed by atoms with Gasteiger partial charge < -0.3 is 0 Å². The molecule has 0 bridgehead atoms. The highest BCUT2D eigenvalue weighted by atomic mass is 16.7. The van der Waals surface area contributed by atoms with Crippen LogP contribution in [0.3, 0.4) is 0 Å². The highest BCUT2D eigenvalue weighted by molar-refractivity contribution is 4.95. The van der Waals surface area contributed by atoms with E-state index >= 15 is 0 Å². The maximum atomic E-state index is 5.79. The smallest absolute Gasteiger partial charge is 0.0698 e. The van der Waals surface area contributed by atoms with Gasteiger partial charge in [-0.05, 0) is 30.1 Å². The molecule has 0 aromatic heterocycles. The number of hydrogen-bond acceptors (Lipinski definition) is 2. The van der Waals surface area contributed by atoms with Crippen molar-refractivity contribution in [3.8, 4) is 0 Å². The second kappa shape index (κ2) is 6.58. The zero-order chi connectivity index (χ0) is 14.7. The lowest BCUT2D eigenvalue weighted by Crippen LogP contribution is -2.51. The van der Waals surface area contributed by atoms with Crippen molar-refractivity contribution >= 4 is 0 Å². The van der Waals surface area contributed by atoms with Crippen molar-refractivity contribution in [2.24, 2.45) is 16.7 Å². The molecule has 1 heterocycles. The van der Waals surface area contributed by atoms with E-state index in [1.54, 1.807) is 0 Å². The molecule has 1 aliphatic rings. The largest absolute Gasteiger partial charge is 0.299 e. The van der Waals surface area contributed by atoms with Gasteiger partial charge in [0.15, 0.2) is 0 Å². The number of nitrogens with zero attached hydrogens (tertiary/aromatic N) is 1. The Morgan fingerprint density at radius 3 is 2.21 bits per heavy atom. The Morgan fingerprint density at radius 1 is 1.11 bits per heavy atom. The molecule has 2 nitrogen and oxygen atoms in total. The summed E-state index contributed by atoms with van der Waals surface area (Å²) in [6.45, 7) is 18.7. The molecule has 0 N–H and O–H groups in total. The van der Waals surface area contributed by atoms with E-state index < -0.39 is 0 Å². The molecule has 1 fully saturated rings. The third kappa shape index (κ3) is 3.52. The molecule has 1 saturated heterocycles. The monoisotopic (exact) mass is 269 g/mol. The predicted molar refractivity (Wildman–Crippen MR) is 83.0 cm³/mol. The average Bonchev–Trinajstić information content (AvgIpc) is 2.88. The van der Waals surface area contributed by atoms with Crippen LogP contribution in [0.2, 0.25) is 0 Å². The Kier molecular flexibility index (Phi) is 5.88. The quantitative estimate of drug-likeness (QED) is 0.652. The molecule has 2 heteroatoms. The third-order valence-electron chi connectivity index (χ3n) is 6.14. The summed E-state index contributed by atoms with van der Waals surface area (Å²) in [6.07, 6.45) is 5.15. The molecule has 0 amide bonds. The fourth-order valence-electron chi connectivity index (χ4n) is 3.18. The highest BCUT2D eigenvalue weighted by Gasteiger charge is 2.46. The van der Waals surface area contributed by atoms with Crippen LogP contribution in [0.4, 0.5) is 0 Å². The molecular formula is C17H35NO. The Morgan fingerprint density at radius 2 is 1.74 bits per heavy atom. The van der Waals surface area contributed by atoms with E-state index in [1.807, 2.05) is 0 Å². The minimum absolute atomic E-state index is 0.241. The normalized spacial score (nSPS) is 21.6. The summed E-state index contributed by atoms with van der Waals surface area (Å²) in [7, 11) is 0. The van der Waals surface area contributed by atoms with Crippen LogP contribution in [-0.4, -0.2) is 24.3 Å². The van der Waals surface area contributed by atoms with E-state index in [2.05, 4.69) is 53.5 Å². The molecule has 0 radical (unpaired) electrons. The first-order valence-electron chi connectivity index (χ1n) is 8.14. The van der Waals surface area contributed by atoms with Crippen molar-refractivity contribution in [1.29, 1.82) is 0 Å². The Hall–Kier alpha value is -0.0800. The van der Waals surface area contributed by atoms with E-state index in [-0.39, 0.29) is 5.41 Å². The van der Waals surface area contributed by atoms with Crippen LogP contribution in [0.15, 0.2) is 0 Å². The topological polar surface area (TPSA) is 12.5 Å². The Balaban J connectivity index is 2.76. The van der Waals surface area contributed by atoms with E-state index in [0.29, 0.717) is 11.5 Å². The first-order valence-corrected chi connectivity index (χ1v) is 8.14. The van der Waals surface area contributed by atoms with Crippen LogP contribution < -0.4 is 0 Å². The van der Waals surface area contributed by atoms with Gasteiger partial charge in [0, 0.05) is 12.6 Å². The maximum Gasteiger partial charge on any atom is 0.0698 e. The van der Waals surface area contributed by atoms with Crippen LogP contribution >= 0.6 is 0 Å². The summed E-state index contributed by atoms with van der Waals surface area (Å²) in [5, 5.41) is 2.22. The van der Waals surface area contributed by atoms with Crippen molar-refractivity contribution in [3.05, 3.63) is 0 Å². The van der Waals surface area contributed by atoms with Gasteiger partial charge in [-0.15, -0.1) is 0 Å². The van der Waals surface area contributed by atoms with E-state index in [0.717, 1.165) is 19.1 Å². The molecule has 114 valence electrons. The summed E-state index contributed by atoms with van der Waals surface area (Å²) >= 11 is 0. The Bertz CT molecular complexity index is 266. The summed E-state index contributed by atoms with van der Waals surface area (Å²) in [4.78, 5) is 5.79. The fraction of sp³-hybridized carbons (Fsp3) is 1.00. The minimum atomic E-state index is 0.241. The van der Waals surface area contributed by atoms with Crippen LogP contribution in [0.1, 0.15) is 74.1 Å². The minimum Gasteiger partial charge on any atom is -0.299 e. The van der Waals surface area contributed by atoms with Crippen molar-refractivity contribution in [3.63, 3.8) is 0 Å². The summed E-state index contributed by atoms with van der Waals surface area (Å²) in [5.41, 5.74) is 0.554. The van der Waals surface area contributed by atoms with Gasteiger partial charge in [-0.2, -0.15) is 5.06 Å². The van der Waals surface area contributed by atoms with Crippen molar-refractivity contribution in [2.75, 3.05) is 13.2 Å². The molecule has 19 heavy (non-hydrogen) atoms. The molecule has 1 rings (SSSR count). The number of hydrogen-bond donors (Lipinski definition) is 0. The van der Waals surface area contributed by atoms with Gasteiger partial charge in [-0.3, -0.25) is 4.84 Å². The second-order valence-corrected chi connectivity index (χ2v) is 7.49. The lowest BCUT2D eigenvalue weighted by molar-refractivity contribution is -0.184. The van der Waals surface area contributed by atoms with Gasteiger partial charge in [0.05, 0.1) is 6.61 Å². The van der Waals surface area contributed by atoms with Crippen LogP contribution in [0.5, 0.6) is 0 Å². The lowest BCUT2D eigenvalue weighted by atomic mass is 9.58. The molecular weight excluding hydrogens is 234 g/mol. The number of hydroxylamine groups is 2. The molecule has 2 atom stereocenters. The third-order valence-corrected chi connectivity index (χ3v) is 6.14. The maximum absolute atomic E-state index is 5.79. The fourth-order valence-corrected chi connectivity index (χ4v) is 3.18. The van der Waals surface area contributed by atoms with E-state index in [1.165, 1.54) is 25.7 Å². The first-order chi connectivity index (χ1) is 8.75. The number of rotatable bonds is 7. The molecule has 0 saturated carbocycles. The van der Waals surface area contributed by atoms with Crippen LogP contribution in [0, 0.1) is 16.7 Å². The van der Waals surface area contributed by atoms with Gasteiger partial charge in [-0.1, -0.05) is 60.8 Å². The molecule has 0 aliphatic carbocycles. The first kappa shape index (κ1) is 17.0. The standard InChI is InChI=1S/C17H35NO/c1-8-9-11-14(2)16(4,5)17(6,7)15(3)18-12-10-13-19-18/h14-15H,8-13H2,1-7H3. The highest BCUT2D eigenvalue weighted by Crippen LogP contribution is 2.49. The summed E-state index contributed by atoms with van der Waals surface area (Å²) in [5.74, 6) is 0.743. The van der Waals surface area contributed by atoms with Gasteiger partial charge in [-0.25, -0.2) is 0 Å². The average molecular weight is 269 g/mol. The van der Waals surface area contributed by atoms with Gasteiger partial charge in [0.2, 0.25) is 0 Å². The van der Waals surface area contributed by atoms with Crippen LogP contribution in [0.25, 0.3) is 0 Å². The van der Waals surface area contributed by atoms with Crippen molar-refractivity contribution in [1.82, 2.24) is 5.06 Å². The van der Waals surface area contributed by atoms with Crippen molar-refractivity contribution in [2.45, 2.75) is 80.2 Å². The molecule has 0 aromatic rings. The molecule has 0 aromatic carbocycles. The zero-order valence-electron chi connectivity index (χ0n) is 14.3. The molecule has 0 spiro atoms. The van der Waals surface area contributed by atoms with E-state index in [9.17, 15) is 0 Å². The van der Waals surface area contributed by atoms with Gasteiger partial charge >= 0.3 is 0 Å². The Labute approximate surface area is 120 Å². The van der Waals surface area contributed by atoms with Gasteiger partial charge in [0.25, 0.3) is 0 Å². The summed E-state index contributed by atoms with van der Waals surface area (Å²) < 4.78 is 0. The SMILES string of the molecule is CCCCC(C)C(C)(C)C(C)(C)C(C)N1CCCO1. The molecule has 1 aliphatic heterocycles. The second-order valence-electron chi connectivity index (χ2n) is 7.49.